The van der Waals surface area contributed by atoms with E-state index in [0.29, 0.717) is 38.1 Å². The maximum Gasteiger partial charge on any atom is 0.257 e. The lowest BCUT2D eigenvalue weighted by molar-refractivity contribution is 0.102. The molecule has 10 heteroatoms. The molecule has 0 aliphatic heterocycles. The second-order valence-corrected chi connectivity index (χ2v) is 9.97. The van der Waals surface area contributed by atoms with Crippen LogP contribution in [0.5, 0.6) is 0 Å². The van der Waals surface area contributed by atoms with Crippen molar-refractivity contribution in [3.8, 4) is 11.3 Å². The summed E-state index contributed by atoms with van der Waals surface area (Å²) in [7, 11) is 0. The van der Waals surface area contributed by atoms with Gasteiger partial charge in [0.25, 0.3) is 5.91 Å². The molecule has 0 aliphatic rings. The average molecular weight is 584 g/mol. The Bertz CT molecular complexity index is 1610. The molecule has 0 saturated carbocycles. The summed E-state index contributed by atoms with van der Waals surface area (Å²) in [4.78, 5) is 18.3. The zero-order valence-electron chi connectivity index (χ0n) is 19.5. The Morgan fingerprint density at radius 2 is 1.86 bits per heavy atom. The first-order valence-corrected chi connectivity index (χ1v) is 12.8. The first kappa shape index (κ1) is 24.5. The van der Waals surface area contributed by atoms with Gasteiger partial charge in [-0.3, -0.25) is 14.2 Å². The van der Waals surface area contributed by atoms with Crippen molar-refractivity contribution in [1.29, 1.82) is 0 Å². The maximum atomic E-state index is 13.5. The van der Waals surface area contributed by atoms with Crippen LogP contribution in [0, 0.1) is 6.92 Å². The Labute approximate surface area is 226 Å². The van der Waals surface area contributed by atoms with Crippen molar-refractivity contribution >= 4 is 61.8 Å². The third-order valence-electron chi connectivity index (χ3n) is 5.80. The fraction of sp³-hybridized carbons (Fsp3) is 0.154. The van der Waals surface area contributed by atoms with Crippen LogP contribution >= 0.6 is 39.1 Å². The zero-order chi connectivity index (χ0) is 25.4. The molecule has 3 aromatic heterocycles. The van der Waals surface area contributed by atoms with Crippen LogP contribution in [-0.4, -0.2) is 30.5 Å². The van der Waals surface area contributed by atoms with Crippen molar-refractivity contribution in [2.45, 2.75) is 26.9 Å². The Morgan fingerprint density at radius 1 is 1.06 bits per heavy atom. The van der Waals surface area contributed by atoms with E-state index in [2.05, 4.69) is 31.4 Å². The van der Waals surface area contributed by atoms with Gasteiger partial charge in [-0.15, -0.1) is 0 Å². The molecule has 1 N–H and O–H groups in total. The summed E-state index contributed by atoms with van der Waals surface area (Å²) in [5, 5.41) is 13.9. The third kappa shape index (κ3) is 4.89. The monoisotopic (exact) mass is 582 g/mol. The van der Waals surface area contributed by atoms with Gasteiger partial charge in [-0.1, -0.05) is 47.5 Å². The van der Waals surface area contributed by atoms with Crippen LogP contribution in [0.4, 0.5) is 5.82 Å². The molecule has 0 atom stereocenters. The minimum atomic E-state index is -0.286. The van der Waals surface area contributed by atoms with Crippen LogP contribution in [0.2, 0.25) is 10.0 Å². The van der Waals surface area contributed by atoms with E-state index >= 15 is 0 Å². The fourth-order valence-electron chi connectivity index (χ4n) is 3.99. The number of halogens is 3. The van der Waals surface area contributed by atoms with Gasteiger partial charge in [-0.05, 0) is 59.6 Å². The van der Waals surface area contributed by atoms with E-state index in [1.165, 1.54) is 0 Å². The number of aromatic nitrogens is 5. The molecule has 0 saturated heterocycles. The van der Waals surface area contributed by atoms with Crippen molar-refractivity contribution in [3.63, 3.8) is 0 Å². The molecule has 5 rings (SSSR count). The van der Waals surface area contributed by atoms with E-state index in [9.17, 15) is 4.79 Å². The number of aryl methyl sites for hydroxylation is 2. The Morgan fingerprint density at radius 3 is 2.61 bits per heavy atom. The number of anilines is 1. The van der Waals surface area contributed by atoms with Crippen molar-refractivity contribution in [1.82, 2.24) is 24.5 Å². The number of amides is 1. The standard InChI is InChI=1S/C26H21BrCl2N6O/c1-3-34-13-20(15(2)32-34)24-11-19(18-6-4-5-7-23(18)30-24)26(36)31-25-21(27)14-35(33-25)12-16-8-9-17(28)10-22(16)29/h4-11,13-14H,3,12H2,1-2H3,(H,31,33,36). The zero-order valence-corrected chi connectivity index (χ0v) is 22.6. The van der Waals surface area contributed by atoms with Crippen LogP contribution in [-0.2, 0) is 13.1 Å². The van der Waals surface area contributed by atoms with Gasteiger partial charge in [0.15, 0.2) is 5.82 Å². The highest BCUT2D eigenvalue weighted by Gasteiger charge is 2.19. The molecular formula is C26H21BrCl2N6O. The van der Waals surface area contributed by atoms with Crippen LogP contribution in [0.3, 0.4) is 0 Å². The summed E-state index contributed by atoms with van der Waals surface area (Å²) < 4.78 is 4.21. The van der Waals surface area contributed by atoms with Crippen molar-refractivity contribution in [2.24, 2.45) is 0 Å². The van der Waals surface area contributed by atoms with Gasteiger partial charge in [0.2, 0.25) is 0 Å². The van der Waals surface area contributed by atoms with Crippen molar-refractivity contribution < 1.29 is 4.79 Å². The van der Waals surface area contributed by atoms with E-state index < -0.39 is 0 Å². The number of hydrogen-bond acceptors (Lipinski definition) is 4. The molecule has 0 fully saturated rings. The lowest BCUT2D eigenvalue weighted by Gasteiger charge is -2.10. The summed E-state index contributed by atoms with van der Waals surface area (Å²) in [5.41, 5.74) is 4.53. The number of carbonyl (C=O) groups is 1. The number of nitrogens with zero attached hydrogens (tertiary/aromatic N) is 5. The molecule has 3 heterocycles. The summed E-state index contributed by atoms with van der Waals surface area (Å²) in [6.07, 6.45) is 3.74. The summed E-state index contributed by atoms with van der Waals surface area (Å²) >= 11 is 15.8. The number of pyridine rings is 1. The molecule has 0 bridgehead atoms. The topological polar surface area (TPSA) is 77.6 Å². The van der Waals surface area contributed by atoms with Crippen molar-refractivity contribution in [3.05, 3.63) is 92.3 Å². The van der Waals surface area contributed by atoms with E-state index in [0.717, 1.165) is 34.3 Å². The van der Waals surface area contributed by atoms with Crippen LogP contribution < -0.4 is 5.32 Å². The fourth-order valence-corrected chi connectivity index (χ4v) is 4.88. The van der Waals surface area contributed by atoms with E-state index in [1.54, 1.807) is 29.1 Å². The summed E-state index contributed by atoms with van der Waals surface area (Å²) in [6.45, 7) is 5.14. The third-order valence-corrected chi connectivity index (χ3v) is 6.97. The maximum absolute atomic E-state index is 13.5. The average Bonchev–Trinajstić information content (AvgIpc) is 3.41. The molecule has 0 unspecified atom stereocenters. The Kier molecular flexibility index (Phi) is 6.83. The van der Waals surface area contributed by atoms with E-state index in [4.69, 9.17) is 28.2 Å². The van der Waals surface area contributed by atoms with Crippen LogP contribution in [0.25, 0.3) is 22.2 Å². The van der Waals surface area contributed by atoms with Gasteiger partial charge in [0, 0.05) is 39.9 Å². The van der Waals surface area contributed by atoms with Gasteiger partial charge >= 0.3 is 0 Å². The molecule has 0 radical (unpaired) electrons. The number of para-hydroxylation sites is 1. The predicted octanol–water partition coefficient (Wildman–Crippen LogP) is 6.99. The molecule has 182 valence electrons. The molecule has 0 spiro atoms. The first-order chi connectivity index (χ1) is 17.3. The second kappa shape index (κ2) is 10.0. The number of hydrogen-bond donors (Lipinski definition) is 1. The normalized spacial score (nSPS) is 11.2. The lowest BCUT2D eigenvalue weighted by Crippen LogP contribution is -2.14. The number of nitrogens with one attached hydrogen (secondary N) is 1. The highest BCUT2D eigenvalue weighted by molar-refractivity contribution is 9.10. The summed E-state index contributed by atoms with van der Waals surface area (Å²) in [5.74, 6) is 0.119. The SMILES string of the molecule is CCn1cc(-c2cc(C(=O)Nc3nn(Cc4ccc(Cl)cc4Cl)cc3Br)c3ccccc3n2)c(C)n1. The Hall–Kier alpha value is -3.20. The molecule has 7 nitrogen and oxygen atoms in total. The predicted molar refractivity (Wildman–Crippen MR) is 147 cm³/mol. The van der Waals surface area contributed by atoms with Gasteiger partial charge in [-0.25, -0.2) is 4.98 Å². The first-order valence-electron chi connectivity index (χ1n) is 11.2. The minimum Gasteiger partial charge on any atom is -0.304 e. The smallest absolute Gasteiger partial charge is 0.257 e. The molecule has 36 heavy (non-hydrogen) atoms. The largest absolute Gasteiger partial charge is 0.304 e. The van der Waals surface area contributed by atoms with Crippen LogP contribution in [0.1, 0.15) is 28.5 Å². The van der Waals surface area contributed by atoms with Gasteiger partial charge in [-0.2, -0.15) is 10.2 Å². The number of fused-ring (bicyclic) bond motifs is 1. The molecular weight excluding hydrogens is 563 g/mol. The lowest BCUT2D eigenvalue weighted by atomic mass is 10.0. The second-order valence-electron chi connectivity index (χ2n) is 8.27. The van der Waals surface area contributed by atoms with Crippen LogP contribution in [0.15, 0.2) is 65.4 Å². The van der Waals surface area contributed by atoms with E-state index in [-0.39, 0.29) is 5.91 Å². The molecule has 1 amide bonds. The van der Waals surface area contributed by atoms with Gasteiger partial charge in [0.1, 0.15) is 0 Å². The van der Waals surface area contributed by atoms with Gasteiger partial charge < -0.3 is 5.32 Å². The van der Waals surface area contributed by atoms with Gasteiger partial charge in [0.05, 0.1) is 33.5 Å². The highest BCUT2D eigenvalue weighted by atomic mass is 79.9. The number of rotatable bonds is 6. The number of carbonyl (C=O) groups excluding carboxylic acids is 1. The summed E-state index contributed by atoms with van der Waals surface area (Å²) in [6, 6.07) is 14.7. The molecule has 0 aliphatic carbocycles. The van der Waals surface area contributed by atoms with Crippen molar-refractivity contribution in [2.75, 3.05) is 5.32 Å². The molecule has 2 aromatic carbocycles. The highest BCUT2D eigenvalue weighted by Crippen LogP contribution is 2.29. The van der Waals surface area contributed by atoms with E-state index in [1.807, 2.05) is 55.1 Å². The quantitative estimate of drug-likeness (QED) is 0.233. The number of benzene rings is 2. The Balaban J connectivity index is 1.47. The molecule has 5 aromatic rings. The minimum absolute atomic E-state index is 0.286.